The van der Waals surface area contributed by atoms with Gasteiger partial charge in [-0.05, 0) is 57.1 Å². The van der Waals surface area contributed by atoms with Crippen molar-refractivity contribution >= 4 is 47.4 Å². The van der Waals surface area contributed by atoms with Crippen LogP contribution < -0.4 is 16.0 Å². The zero-order chi connectivity index (χ0) is 21.2. The van der Waals surface area contributed by atoms with Gasteiger partial charge in [-0.2, -0.15) is 0 Å². The molecule has 1 aliphatic rings. The molecule has 0 spiro atoms. The van der Waals surface area contributed by atoms with Gasteiger partial charge in [0.05, 0.1) is 29.4 Å². The highest BCUT2D eigenvalue weighted by Crippen LogP contribution is 2.25. The molecule has 1 aliphatic heterocycles. The van der Waals surface area contributed by atoms with E-state index in [9.17, 15) is 4.79 Å². The van der Waals surface area contributed by atoms with Crippen LogP contribution in [-0.4, -0.2) is 56.0 Å². The quantitative estimate of drug-likeness (QED) is 0.189. The van der Waals surface area contributed by atoms with E-state index in [2.05, 4.69) is 20.9 Å². The number of aliphatic imine (C=N–C) groups is 1. The van der Waals surface area contributed by atoms with Crippen molar-refractivity contribution in [2.45, 2.75) is 25.8 Å². The fourth-order valence-corrected chi connectivity index (χ4v) is 3.76. The van der Waals surface area contributed by atoms with Gasteiger partial charge in [0.1, 0.15) is 5.76 Å². The summed E-state index contributed by atoms with van der Waals surface area (Å²) in [6.45, 7) is 6.54. The number of halogens is 2. The number of guanidine groups is 1. The summed E-state index contributed by atoms with van der Waals surface area (Å²) in [7, 11) is 0. The molecule has 1 atom stereocenters. The molecular formula is C22H31ClIN5O2. The third-order valence-corrected chi connectivity index (χ3v) is 5.37. The first kappa shape index (κ1) is 25.5. The highest BCUT2D eigenvalue weighted by Gasteiger charge is 2.25. The van der Waals surface area contributed by atoms with Crippen LogP contribution in [0.2, 0.25) is 5.02 Å². The predicted octanol–water partition coefficient (Wildman–Crippen LogP) is 3.67. The third-order valence-electron chi connectivity index (χ3n) is 5.04. The fourth-order valence-electron chi connectivity index (χ4n) is 3.54. The number of likely N-dealkylation sites (tertiary alicyclic amines) is 1. The lowest BCUT2D eigenvalue weighted by atomic mass is 10.2. The van der Waals surface area contributed by atoms with Gasteiger partial charge in [0, 0.05) is 19.6 Å². The molecule has 1 unspecified atom stereocenters. The maximum Gasteiger partial charge on any atom is 0.252 e. The Kier molecular flexibility index (Phi) is 11.2. The number of benzene rings is 1. The Bertz CT molecular complexity index is 825. The molecule has 1 aromatic carbocycles. The number of hydrogen-bond acceptors (Lipinski definition) is 4. The SMILES string of the molecule is CCNC(=NCC(c1ccco1)N1CCCC1)NCCNC(=O)c1ccccc1Cl.I. The van der Waals surface area contributed by atoms with Crippen LogP contribution in [0.5, 0.6) is 0 Å². The van der Waals surface area contributed by atoms with E-state index in [0.29, 0.717) is 30.2 Å². The second-order valence-electron chi connectivity index (χ2n) is 7.16. The summed E-state index contributed by atoms with van der Waals surface area (Å²) >= 11 is 6.07. The fraction of sp³-hybridized carbons (Fsp3) is 0.455. The molecule has 3 rings (SSSR count). The molecule has 1 fully saturated rings. The summed E-state index contributed by atoms with van der Waals surface area (Å²) in [4.78, 5) is 19.4. The maximum absolute atomic E-state index is 12.2. The number of carbonyl (C=O) groups is 1. The number of amides is 1. The lowest BCUT2D eigenvalue weighted by Crippen LogP contribution is -2.42. The summed E-state index contributed by atoms with van der Waals surface area (Å²) < 4.78 is 5.67. The van der Waals surface area contributed by atoms with E-state index in [1.54, 1.807) is 30.5 Å². The van der Waals surface area contributed by atoms with Gasteiger partial charge in [-0.3, -0.25) is 14.7 Å². The lowest BCUT2D eigenvalue weighted by molar-refractivity contribution is 0.0954. The molecule has 0 aliphatic carbocycles. The average molecular weight is 560 g/mol. The second kappa shape index (κ2) is 13.6. The molecule has 1 amide bonds. The summed E-state index contributed by atoms with van der Waals surface area (Å²) in [6, 6.07) is 11.1. The molecule has 0 bridgehead atoms. The van der Waals surface area contributed by atoms with Crippen molar-refractivity contribution in [3.05, 3.63) is 59.0 Å². The van der Waals surface area contributed by atoms with Gasteiger partial charge in [-0.15, -0.1) is 24.0 Å². The van der Waals surface area contributed by atoms with Gasteiger partial charge in [-0.25, -0.2) is 0 Å². The standard InChI is InChI=1S/C22H30ClN5O2.HI/c1-2-24-22(26-12-11-25-21(29)17-8-3-4-9-18(17)23)27-16-19(20-10-7-15-30-20)28-13-5-6-14-28;/h3-4,7-10,15,19H,2,5-6,11-14,16H2,1H3,(H,25,29)(H2,24,26,27);1H. The van der Waals surface area contributed by atoms with Crippen molar-refractivity contribution in [1.82, 2.24) is 20.9 Å². The van der Waals surface area contributed by atoms with Crippen molar-refractivity contribution < 1.29 is 9.21 Å². The average Bonchev–Trinajstić information content (AvgIpc) is 3.46. The largest absolute Gasteiger partial charge is 0.468 e. The van der Waals surface area contributed by atoms with Crippen LogP contribution in [-0.2, 0) is 0 Å². The van der Waals surface area contributed by atoms with Crippen LogP contribution in [0, 0.1) is 0 Å². The third kappa shape index (κ3) is 7.69. The van der Waals surface area contributed by atoms with Crippen LogP contribution in [0.3, 0.4) is 0 Å². The molecule has 0 radical (unpaired) electrons. The smallest absolute Gasteiger partial charge is 0.252 e. The van der Waals surface area contributed by atoms with Gasteiger partial charge < -0.3 is 20.4 Å². The van der Waals surface area contributed by atoms with E-state index in [1.165, 1.54) is 12.8 Å². The Morgan fingerprint density at radius 2 is 1.87 bits per heavy atom. The first-order chi connectivity index (χ1) is 14.7. The van der Waals surface area contributed by atoms with E-state index in [4.69, 9.17) is 21.0 Å². The second-order valence-corrected chi connectivity index (χ2v) is 7.56. The van der Waals surface area contributed by atoms with Gasteiger partial charge in [0.25, 0.3) is 5.91 Å². The van der Waals surface area contributed by atoms with Crippen LogP contribution >= 0.6 is 35.6 Å². The summed E-state index contributed by atoms with van der Waals surface area (Å²) in [5.41, 5.74) is 0.478. The molecule has 31 heavy (non-hydrogen) atoms. The van der Waals surface area contributed by atoms with Gasteiger partial charge in [0.2, 0.25) is 0 Å². The normalized spacial score (nSPS) is 15.2. The van der Waals surface area contributed by atoms with E-state index in [1.807, 2.05) is 19.1 Å². The zero-order valence-corrected chi connectivity index (χ0v) is 20.9. The number of carbonyl (C=O) groups excluding carboxylic acids is 1. The first-order valence-electron chi connectivity index (χ1n) is 10.5. The molecule has 2 heterocycles. The van der Waals surface area contributed by atoms with Crippen LogP contribution in [0.1, 0.15) is 41.9 Å². The highest BCUT2D eigenvalue weighted by atomic mass is 127. The number of nitrogens with one attached hydrogen (secondary N) is 3. The lowest BCUT2D eigenvalue weighted by Gasteiger charge is -2.24. The Labute approximate surface area is 206 Å². The van der Waals surface area contributed by atoms with E-state index < -0.39 is 0 Å². The van der Waals surface area contributed by atoms with Crippen LogP contribution in [0.4, 0.5) is 0 Å². The number of nitrogens with zero attached hydrogens (tertiary/aromatic N) is 2. The molecule has 2 aromatic rings. The maximum atomic E-state index is 12.2. The van der Waals surface area contributed by atoms with Crippen LogP contribution in [0.15, 0.2) is 52.1 Å². The topological polar surface area (TPSA) is 81.9 Å². The molecule has 170 valence electrons. The minimum absolute atomic E-state index is 0. The predicted molar refractivity (Wildman–Crippen MR) is 135 cm³/mol. The zero-order valence-electron chi connectivity index (χ0n) is 17.8. The molecule has 9 heteroatoms. The first-order valence-corrected chi connectivity index (χ1v) is 10.9. The van der Waals surface area contributed by atoms with Crippen molar-refractivity contribution in [2.24, 2.45) is 4.99 Å². The molecule has 1 aromatic heterocycles. The van der Waals surface area contributed by atoms with E-state index >= 15 is 0 Å². The van der Waals surface area contributed by atoms with E-state index in [0.717, 1.165) is 31.4 Å². The Morgan fingerprint density at radius 3 is 2.55 bits per heavy atom. The minimum atomic E-state index is -0.184. The van der Waals surface area contributed by atoms with Crippen molar-refractivity contribution in [1.29, 1.82) is 0 Å². The summed E-state index contributed by atoms with van der Waals surface area (Å²) in [6.07, 6.45) is 4.14. The van der Waals surface area contributed by atoms with Gasteiger partial charge >= 0.3 is 0 Å². The molecule has 0 saturated carbocycles. The Morgan fingerprint density at radius 1 is 1.13 bits per heavy atom. The minimum Gasteiger partial charge on any atom is -0.468 e. The monoisotopic (exact) mass is 559 g/mol. The number of furan rings is 1. The van der Waals surface area contributed by atoms with Crippen LogP contribution in [0.25, 0.3) is 0 Å². The summed E-state index contributed by atoms with van der Waals surface area (Å²) in [5.74, 6) is 1.49. The van der Waals surface area contributed by atoms with Gasteiger partial charge in [0.15, 0.2) is 5.96 Å². The van der Waals surface area contributed by atoms with Crippen molar-refractivity contribution in [3.63, 3.8) is 0 Å². The van der Waals surface area contributed by atoms with E-state index in [-0.39, 0.29) is 35.9 Å². The van der Waals surface area contributed by atoms with Crippen molar-refractivity contribution in [3.8, 4) is 0 Å². The molecule has 7 nitrogen and oxygen atoms in total. The highest BCUT2D eigenvalue weighted by molar-refractivity contribution is 14.0. The molecular weight excluding hydrogens is 529 g/mol. The molecule has 1 saturated heterocycles. The molecule has 3 N–H and O–H groups in total. The Balaban J connectivity index is 0.00000341. The van der Waals surface area contributed by atoms with Crippen molar-refractivity contribution in [2.75, 3.05) is 39.3 Å². The van der Waals surface area contributed by atoms with Gasteiger partial charge in [-0.1, -0.05) is 23.7 Å². The number of rotatable bonds is 9. The number of hydrogen-bond donors (Lipinski definition) is 3. The Hall–Kier alpha value is -1.78. The summed E-state index contributed by atoms with van der Waals surface area (Å²) in [5, 5.41) is 9.86.